The lowest BCUT2D eigenvalue weighted by Crippen LogP contribution is -2.31. The summed E-state index contributed by atoms with van der Waals surface area (Å²) >= 11 is 0. The molecule has 0 aromatic heterocycles. The average molecular weight is 327 g/mol. The van der Waals surface area contributed by atoms with Gasteiger partial charge in [0.1, 0.15) is 6.04 Å². The maximum atomic E-state index is 12.2. The monoisotopic (exact) mass is 327 g/mol. The summed E-state index contributed by atoms with van der Waals surface area (Å²) in [4.78, 5) is 23.2. The van der Waals surface area contributed by atoms with Crippen molar-refractivity contribution in [3.8, 4) is 0 Å². The third-order valence-corrected chi connectivity index (χ3v) is 3.36. The molecule has 0 unspecified atom stereocenters. The first-order valence-electron chi connectivity index (χ1n) is 7.63. The van der Waals surface area contributed by atoms with Crippen molar-refractivity contribution in [2.45, 2.75) is 26.5 Å². The van der Waals surface area contributed by atoms with Crippen molar-refractivity contribution < 1.29 is 14.7 Å². The smallest absolute Gasteiger partial charge is 0.246 e. The summed E-state index contributed by atoms with van der Waals surface area (Å²) in [6.07, 6.45) is 0. The molecule has 0 aliphatic carbocycles. The van der Waals surface area contributed by atoms with E-state index in [-0.39, 0.29) is 18.4 Å². The highest BCUT2D eigenvalue weighted by atomic mass is 16.3. The van der Waals surface area contributed by atoms with Gasteiger partial charge in [0.2, 0.25) is 11.8 Å². The molecule has 6 heteroatoms. The molecule has 0 aliphatic rings. The Balaban J connectivity index is 1.94. The van der Waals surface area contributed by atoms with E-state index in [1.54, 1.807) is 37.3 Å². The van der Waals surface area contributed by atoms with Gasteiger partial charge in [-0.05, 0) is 48.9 Å². The summed E-state index contributed by atoms with van der Waals surface area (Å²) in [5, 5.41) is 17.7. The minimum absolute atomic E-state index is 0.0449. The average Bonchev–Trinajstić information content (AvgIpc) is 2.56. The first-order chi connectivity index (χ1) is 11.5. The number of hydrogen-bond donors (Lipinski definition) is 4. The van der Waals surface area contributed by atoms with Crippen molar-refractivity contribution in [2.24, 2.45) is 0 Å². The number of carbonyl (C=O) groups is 2. The Morgan fingerprint density at radius 3 is 2.21 bits per heavy atom. The summed E-state index contributed by atoms with van der Waals surface area (Å²) in [6.45, 7) is 3.15. The SMILES string of the molecule is CC(=O)Nc1ccc(NC(=O)[C@H](C)Nc2cccc(CO)c2)cc1. The number of hydrogen-bond acceptors (Lipinski definition) is 4. The van der Waals surface area contributed by atoms with Gasteiger partial charge in [0.15, 0.2) is 0 Å². The molecule has 0 saturated carbocycles. The topological polar surface area (TPSA) is 90.5 Å². The Morgan fingerprint density at radius 2 is 1.62 bits per heavy atom. The number of aliphatic hydroxyl groups excluding tert-OH is 1. The van der Waals surface area contributed by atoms with E-state index in [1.165, 1.54) is 6.92 Å². The highest BCUT2D eigenvalue weighted by Gasteiger charge is 2.13. The van der Waals surface area contributed by atoms with Gasteiger partial charge in [0, 0.05) is 24.0 Å². The molecule has 4 N–H and O–H groups in total. The largest absolute Gasteiger partial charge is 0.392 e. The van der Waals surface area contributed by atoms with Crippen molar-refractivity contribution in [2.75, 3.05) is 16.0 Å². The van der Waals surface area contributed by atoms with Crippen LogP contribution in [0.2, 0.25) is 0 Å². The van der Waals surface area contributed by atoms with E-state index < -0.39 is 6.04 Å². The fourth-order valence-corrected chi connectivity index (χ4v) is 2.17. The second-order valence-electron chi connectivity index (χ2n) is 5.47. The second-order valence-corrected chi connectivity index (χ2v) is 5.47. The van der Waals surface area contributed by atoms with Crippen LogP contribution in [0.3, 0.4) is 0 Å². The number of rotatable bonds is 6. The van der Waals surface area contributed by atoms with Crippen LogP contribution >= 0.6 is 0 Å². The van der Waals surface area contributed by atoms with E-state index in [0.29, 0.717) is 11.4 Å². The van der Waals surface area contributed by atoms with Crippen molar-refractivity contribution in [1.29, 1.82) is 0 Å². The normalized spacial score (nSPS) is 11.5. The molecule has 0 aliphatic heterocycles. The molecule has 1 atom stereocenters. The molecule has 0 spiro atoms. The molecule has 2 rings (SSSR count). The Hall–Kier alpha value is -2.86. The van der Waals surface area contributed by atoms with Gasteiger partial charge < -0.3 is 21.1 Å². The predicted octanol–water partition coefficient (Wildman–Crippen LogP) is 2.58. The van der Waals surface area contributed by atoms with E-state index in [4.69, 9.17) is 5.11 Å². The minimum atomic E-state index is -0.450. The summed E-state index contributed by atoms with van der Waals surface area (Å²) in [5.41, 5.74) is 2.87. The molecule has 0 fully saturated rings. The van der Waals surface area contributed by atoms with E-state index in [2.05, 4.69) is 16.0 Å². The van der Waals surface area contributed by atoms with Gasteiger partial charge in [0.25, 0.3) is 0 Å². The van der Waals surface area contributed by atoms with E-state index in [1.807, 2.05) is 18.2 Å². The van der Waals surface area contributed by atoms with Crippen LogP contribution in [0.5, 0.6) is 0 Å². The van der Waals surface area contributed by atoms with Gasteiger partial charge >= 0.3 is 0 Å². The molecule has 0 bridgehead atoms. The number of aliphatic hydroxyl groups is 1. The molecular weight excluding hydrogens is 306 g/mol. The zero-order chi connectivity index (χ0) is 17.5. The highest BCUT2D eigenvalue weighted by molar-refractivity contribution is 5.96. The number of amides is 2. The molecule has 0 saturated heterocycles. The fourth-order valence-electron chi connectivity index (χ4n) is 2.17. The Morgan fingerprint density at radius 1 is 1.00 bits per heavy atom. The van der Waals surface area contributed by atoms with Crippen LogP contribution < -0.4 is 16.0 Å². The lowest BCUT2D eigenvalue weighted by Gasteiger charge is -2.16. The third kappa shape index (κ3) is 5.10. The molecule has 126 valence electrons. The molecule has 2 amide bonds. The quantitative estimate of drug-likeness (QED) is 0.656. The first-order valence-corrected chi connectivity index (χ1v) is 7.63. The lowest BCUT2D eigenvalue weighted by atomic mass is 10.2. The number of benzene rings is 2. The second kappa shape index (κ2) is 8.12. The van der Waals surface area contributed by atoms with Crippen LogP contribution in [0.15, 0.2) is 48.5 Å². The maximum absolute atomic E-state index is 12.2. The molecule has 2 aromatic carbocycles. The van der Waals surface area contributed by atoms with Gasteiger partial charge in [-0.1, -0.05) is 12.1 Å². The van der Waals surface area contributed by atoms with Gasteiger partial charge in [0.05, 0.1) is 6.61 Å². The van der Waals surface area contributed by atoms with Crippen molar-refractivity contribution >= 4 is 28.9 Å². The molecule has 2 aromatic rings. The first kappa shape index (κ1) is 17.5. The Bertz CT molecular complexity index is 714. The van der Waals surface area contributed by atoms with E-state index >= 15 is 0 Å². The molecule has 0 radical (unpaired) electrons. The number of carbonyl (C=O) groups excluding carboxylic acids is 2. The molecule has 6 nitrogen and oxygen atoms in total. The van der Waals surface area contributed by atoms with Crippen LogP contribution in [0, 0.1) is 0 Å². The molecule has 24 heavy (non-hydrogen) atoms. The van der Waals surface area contributed by atoms with Crippen LogP contribution in [-0.4, -0.2) is 23.0 Å². The van der Waals surface area contributed by atoms with Gasteiger partial charge in [-0.15, -0.1) is 0 Å². The Kier molecular flexibility index (Phi) is 5.92. The van der Waals surface area contributed by atoms with E-state index in [0.717, 1.165) is 11.3 Å². The summed E-state index contributed by atoms with van der Waals surface area (Å²) in [6, 6.07) is 13.7. The van der Waals surface area contributed by atoms with Crippen LogP contribution in [0.25, 0.3) is 0 Å². The van der Waals surface area contributed by atoms with Gasteiger partial charge in [-0.25, -0.2) is 0 Å². The number of nitrogens with one attached hydrogen (secondary N) is 3. The van der Waals surface area contributed by atoms with Crippen LogP contribution in [0.4, 0.5) is 17.1 Å². The Labute approximate surface area is 140 Å². The summed E-state index contributed by atoms with van der Waals surface area (Å²) in [7, 11) is 0. The van der Waals surface area contributed by atoms with Gasteiger partial charge in [-0.3, -0.25) is 9.59 Å². The van der Waals surface area contributed by atoms with E-state index in [9.17, 15) is 9.59 Å². The number of anilines is 3. The van der Waals surface area contributed by atoms with Crippen molar-refractivity contribution in [3.63, 3.8) is 0 Å². The zero-order valence-electron chi connectivity index (χ0n) is 13.7. The van der Waals surface area contributed by atoms with Crippen molar-refractivity contribution in [3.05, 3.63) is 54.1 Å². The summed E-state index contributed by atoms with van der Waals surface area (Å²) < 4.78 is 0. The standard InChI is InChI=1S/C18H21N3O3/c1-12(19-17-5-3-4-14(10-17)11-22)18(24)21-16-8-6-15(7-9-16)20-13(2)23/h3-10,12,19,22H,11H2,1-2H3,(H,20,23)(H,21,24)/t12-/m0/s1. The fraction of sp³-hybridized carbons (Fsp3) is 0.222. The minimum Gasteiger partial charge on any atom is -0.392 e. The van der Waals surface area contributed by atoms with Crippen molar-refractivity contribution in [1.82, 2.24) is 0 Å². The highest BCUT2D eigenvalue weighted by Crippen LogP contribution is 2.15. The maximum Gasteiger partial charge on any atom is 0.246 e. The predicted molar refractivity (Wildman–Crippen MR) is 94.8 cm³/mol. The lowest BCUT2D eigenvalue weighted by molar-refractivity contribution is -0.116. The van der Waals surface area contributed by atoms with Gasteiger partial charge in [-0.2, -0.15) is 0 Å². The molecule has 0 heterocycles. The zero-order valence-corrected chi connectivity index (χ0v) is 13.7. The van der Waals surface area contributed by atoms with Crippen LogP contribution in [-0.2, 0) is 16.2 Å². The third-order valence-electron chi connectivity index (χ3n) is 3.36. The summed E-state index contributed by atoms with van der Waals surface area (Å²) in [5.74, 6) is -0.327. The molecular formula is C18H21N3O3. The van der Waals surface area contributed by atoms with Crippen LogP contribution in [0.1, 0.15) is 19.4 Å².